The second-order valence-corrected chi connectivity index (χ2v) is 7.29. The first-order valence-electron chi connectivity index (χ1n) is 6.74. The number of sulfonamides is 1. The molecule has 9 heteroatoms. The summed E-state index contributed by atoms with van der Waals surface area (Å²) in [4.78, 5) is -0.915. The molecule has 0 aromatic heterocycles. The molecule has 124 valence electrons. The number of benzene rings is 1. The first-order valence-corrected chi connectivity index (χ1v) is 8.60. The fourth-order valence-corrected chi connectivity index (χ4v) is 4.58. The monoisotopic (exact) mass is 356 g/mol. The van der Waals surface area contributed by atoms with Crippen LogP contribution in [0, 0.1) is 0 Å². The fourth-order valence-electron chi connectivity index (χ4n) is 2.47. The van der Waals surface area contributed by atoms with E-state index in [0.717, 1.165) is 25.1 Å². The first-order chi connectivity index (χ1) is 10.1. The van der Waals surface area contributed by atoms with Gasteiger partial charge >= 0.3 is 6.18 Å². The maximum Gasteiger partial charge on any atom is 0.417 e. The average molecular weight is 357 g/mol. The van der Waals surface area contributed by atoms with Crippen molar-refractivity contribution >= 4 is 21.6 Å². The number of rotatable bonds is 3. The van der Waals surface area contributed by atoms with Crippen LogP contribution < -0.4 is 10.0 Å². The fraction of sp³-hybridized carbons (Fsp3) is 0.538. The minimum atomic E-state index is -4.80. The molecule has 1 aliphatic heterocycles. The molecule has 1 aromatic rings. The highest BCUT2D eigenvalue weighted by Crippen LogP contribution is 2.37. The van der Waals surface area contributed by atoms with Gasteiger partial charge in [0.2, 0.25) is 10.0 Å². The van der Waals surface area contributed by atoms with E-state index < -0.39 is 37.7 Å². The van der Waals surface area contributed by atoms with Crippen molar-refractivity contribution < 1.29 is 21.6 Å². The third kappa shape index (κ3) is 3.73. The zero-order valence-electron chi connectivity index (χ0n) is 11.7. The predicted octanol–water partition coefficient (Wildman–Crippen LogP) is 2.78. The number of halogens is 4. The molecule has 4 nitrogen and oxygen atoms in total. The van der Waals surface area contributed by atoms with Gasteiger partial charge in [-0.05, 0) is 38.4 Å². The van der Waals surface area contributed by atoms with E-state index in [4.69, 9.17) is 11.6 Å². The largest absolute Gasteiger partial charge is 0.417 e. The molecular formula is C13H16ClF3N2O2S. The van der Waals surface area contributed by atoms with E-state index in [0.29, 0.717) is 12.5 Å². The van der Waals surface area contributed by atoms with Gasteiger partial charge in [0.05, 0.1) is 10.6 Å². The molecule has 2 N–H and O–H groups in total. The first kappa shape index (κ1) is 17.5. The maximum absolute atomic E-state index is 13.1. The third-order valence-electron chi connectivity index (χ3n) is 3.61. The molecule has 0 spiro atoms. The Labute approximate surface area is 132 Å². The molecule has 0 amide bonds. The molecule has 22 heavy (non-hydrogen) atoms. The zero-order valence-corrected chi connectivity index (χ0v) is 13.3. The van der Waals surface area contributed by atoms with Crippen molar-refractivity contribution in [2.24, 2.45) is 0 Å². The summed E-state index contributed by atoms with van der Waals surface area (Å²) < 4.78 is 66.3. The summed E-state index contributed by atoms with van der Waals surface area (Å²) in [5.41, 5.74) is -1.26. The SMILES string of the molecule is CC1NCCCC1NS(=O)(=O)c1c(Cl)cccc1C(F)(F)F. The highest BCUT2D eigenvalue weighted by Gasteiger charge is 2.39. The minimum Gasteiger partial charge on any atom is -0.313 e. The van der Waals surface area contributed by atoms with Crippen LogP contribution in [-0.4, -0.2) is 27.0 Å². The topological polar surface area (TPSA) is 58.2 Å². The molecule has 2 unspecified atom stereocenters. The van der Waals surface area contributed by atoms with Gasteiger partial charge in [-0.15, -0.1) is 0 Å². The van der Waals surface area contributed by atoms with Crippen molar-refractivity contribution in [2.75, 3.05) is 6.54 Å². The Morgan fingerprint density at radius 1 is 1.36 bits per heavy atom. The van der Waals surface area contributed by atoms with Gasteiger partial charge in [-0.2, -0.15) is 13.2 Å². The summed E-state index contributed by atoms with van der Waals surface area (Å²) in [7, 11) is -4.38. The zero-order chi connectivity index (χ0) is 16.5. The average Bonchev–Trinajstić information content (AvgIpc) is 2.39. The van der Waals surface area contributed by atoms with Gasteiger partial charge in [0.15, 0.2) is 0 Å². The summed E-state index contributed by atoms with van der Waals surface area (Å²) in [5, 5.41) is 2.64. The van der Waals surface area contributed by atoms with E-state index in [9.17, 15) is 21.6 Å². The molecule has 0 saturated carbocycles. The number of nitrogens with one attached hydrogen (secondary N) is 2. The van der Waals surface area contributed by atoms with Gasteiger partial charge in [-0.25, -0.2) is 13.1 Å². The van der Waals surface area contributed by atoms with E-state index in [1.54, 1.807) is 6.92 Å². The Morgan fingerprint density at radius 3 is 2.64 bits per heavy atom. The Morgan fingerprint density at radius 2 is 2.05 bits per heavy atom. The second kappa shape index (κ2) is 6.35. The van der Waals surface area contributed by atoms with Gasteiger partial charge in [-0.1, -0.05) is 17.7 Å². The van der Waals surface area contributed by atoms with Crippen LogP contribution in [0.3, 0.4) is 0 Å². The standard InChI is InChI=1S/C13H16ClF3N2O2S/c1-8-11(6-3-7-18-8)19-22(20,21)12-9(13(15,16)17)4-2-5-10(12)14/h2,4-5,8,11,18-19H,3,6-7H2,1H3. The molecule has 1 aromatic carbocycles. The summed E-state index contributed by atoms with van der Waals surface area (Å²) >= 11 is 5.74. The molecule has 1 heterocycles. The Bertz CT molecular complexity index is 649. The van der Waals surface area contributed by atoms with Gasteiger partial charge in [0, 0.05) is 12.1 Å². The summed E-state index contributed by atoms with van der Waals surface area (Å²) in [6.07, 6.45) is -3.50. The lowest BCUT2D eigenvalue weighted by Crippen LogP contribution is -2.52. The van der Waals surface area contributed by atoms with Gasteiger partial charge in [0.1, 0.15) is 4.90 Å². The normalized spacial score (nSPS) is 23.5. The summed E-state index contributed by atoms with van der Waals surface area (Å²) in [6.45, 7) is 2.53. The quantitative estimate of drug-likeness (QED) is 0.875. The van der Waals surface area contributed by atoms with Crippen LogP contribution in [0.25, 0.3) is 0 Å². The smallest absolute Gasteiger partial charge is 0.313 e. The van der Waals surface area contributed by atoms with Crippen molar-refractivity contribution in [2.45, 2.75) is 42.9 Å². The van der Waals surface area contributed by atoms with E-state index in [2.05, 4.69) is 10.0 Å². The lowest BCUT2D eigenvalue weighted by Gasteiger charge is -2.30. The summed E-state index contributed by atoms with van der Waals surface area (Å²) in [5.74, 6) is 0. The van der Waals surface area contributed by atoms with Gasteiger partial charge in [-0.3, -0.25) is 0 Å². The van der Waals surface area contributed by atoms with E-state index in [-0.39, 0.29) is 6.04 Å². The molecule has 0 bridgehead atoms. The number of hydrogen-bond donors (Lipinski definition) is 2. The predicted molar refractivity (Wildman–Crippen MR) is 77.3 cm³/mol. The van der Waals surface area contributed by atoms with Crippen LogP contribution >= 0.6 is 11.6 Å². The molecule has 2 atom stereocenters. The number of alkyl halides is 3. The molecule has 1 aliphatic rings. The van der Waals surface area contributed by atoms with Crippen LogP contribution in [0.1, 0.15) is 25.3 Å². The van der Waals surface area contributed by atoms with Crippen molar-refractivity contribution in [1.82, 2.24) is 10.0 Å². The second-order valence-electron chi connectivity index (χ2n) is 5.23. The Hall–Kier alpha value is -0.830. The van der Waals surface area contributed by atoms with Crippen LogP contribution in [0.5, 0.6) is 0 Å². The lowest BCUT2D eigenvalue weighted by molar-refractivity contribution is -0.139. The van der Waals surface area contributed by atoms with E-state index >= 15 is 0 Å². The van der Waals surface area contributed by atoms with E-state index in [1.807, 2.05) is 0 Å². The Balaban J connectivity index is 2.41. The van der Waals surface area contributed by atoms with Crippen LogP contribution in [0.4, 0.5) is 13.2 Å². The van der Waals surface area contributed by atoms with Crippen LogP contribution in [0.15, 0.2) is 23.1 Å². The summed E-state index contributed by atoms with van der Waals surface area (Å²) in [6, 6.07) is 2.28. The Kier molecular flexibility index (Phi) is 5.06. The number of piperidine rings is 1. The van der Waals surface area contributed by atoms with Crippen molar-refractivity contribution in [1.29, 1.82) is 0 Å². The van der Waals surface area contributed by atoms with Gasteiger partial charge in [0.25, 0.3) is 0 Å². The molecule has 0 radical (unpaired) electrons. The molecule has 2 rings (SSSR count). The highest BCUT2D eigenvalue weighted by atomic mass is 35.5. The van der Waals surface area contributed by atoms with Crippen LogP contribution in [-0.2, 0) is 16.2 Å². The minimum absolute atomic E-state index is 0.166. The lowest BCUT2D eigenvalue weighted by atomic mass is 10.0. The molecular weight excluding hydrogens is 341 g/mol. The molecule has 1 saturated heterocycles. The van der Waals surface area contributed by atoms with Gasteiger partial charge < -0.3 is 5.32 Å². The van der Waals surface area contributed by atoms with Crippen molar-refractivity contribution in [3.05, 3.63) is 28.8 Å². The third-order valence-corrected chi connectivity index (χ3v) is 5.63. The number of hydrogen-bond acceptors (Lipinski definition) is 3. The molecule has 1 fully saturated rings. The van der Waals surface area contributed by atoms with Crippen molar-refractivity contribution in [3.8, 4) is 0 Å². The highest BCUT2D eigenvalue weighted by molar-refractivity contribution is 7.89. The maximum atomic E-state index is 13.1. The molecule has 0 aliphatic carbocycles. The van der Waals surface area contributed by atoms with Crippen molar-refractivity contribution in [3.63, 3.8) is 0 Å². The van der Waals surface area contributed by atoms with E-state index in [1.165, 1.54) is 0 Å². The van der Waals surface area contributed by atoms with Crippen LogP contribution in [0.2, 0.25) is 5.02 Å².